The molecule has 7 nitrogen and oxygen atoms in total. The molecule has 0 fully saturated rings. The first kappa shape index (κ1) is 20.1. The molecule has 2 amide bonds. The highest BCUT2D eigenvalue weighted by Crippen LogP contribution is 2.22. The molecule has 29 heavy (non-hydrogen) atoms. The maximum Gasteiger partial charge on any atom is 0.336 e. The molecule has 0 unspecified atom stereocenters. The van der Waals surface area contributed by atoms with Crippen molar-refractivity contribution >= 4 is 28.5 Å². The van der Waals surface area contributed by atoms with Gasteiger partial charge in [-0.1, -0.05) is 12.1 Å². The van der Waals surface area contributed by atoms with Crippen LogP contribution in [0.5, 0.6) is 5.75 Å². The molecule has 0 aliphatic carbocycles. The van der Waals surface area contributed by atoms with Crippen LogP contribution in [0.2, 0.25) is 0 Å². The van der Waals surface area contributed by atoms with Crippen LogP contribution in [0.3, 0.4) is 0 Å². The zero-order chi connectivity index (χ0) is 21.0. The molecule has 7 heteroatoms. The van der Waals surface area contributed by atoms with Gasteiger partial charge in [0.05, 0.1) is 6.54 Å². The Kier molecular flexibility index (Phi) is 5.97. The van der Waals surface area contributed by atoms with Crippen LogP contribution in [0, 0.1) is 20.8 Å². The highest BCUT2D eigenvalue weighted by Gasteiger charge is 2.10. The number of rotatable bonds is 6. The van der Waals surface area contributed by atoms with E-state index in [4.69, 9.17) is 9.15 Å². The Morgan fingerprint density at radius 2 is 1.79 bits per heavy atom. The standard InChI is InChI=1S/C22H22N2O5/c1-13-5-4-6-18(15(13)3)24-20(25)11-23-21(26)12-28-16-7-8-17-14(2)9-22(27)29-19(17)10-16/h4-10H,11-12H2,1-3H3,(H,23,26)(H,24,25). The summed E-state index contributed by atoms with van der Waals surface area (Å²) in [7, 11) is 0. The first-order chi connectivity index (χ1) is 13.8. The number of amides is 2. The third-order valence-electron chi connectivity index (χ3n) is 4.62. The summed E-state index contributed by atoms with van der Waals surface area (Å²) in [6.45, 7) is 5.27. The fourth-order valence-electron chi connectivity index (χ4n) is 2.85. The molecule has 0 saturated carbocycles. The molecule has 0 aliphatic heterocycles. The van der Waals surface area contributed by atoms with Crippen molar-refractivity contribution in [2.75, 3.05) is 18.5 Å². The van der Waals surface area contributed by atoms with Crippen LogP contribution in [0.15, 0.2) is 51.7 Å². The second-order valence-electron chi connectivity index (χ2n) is 6.77. The van der Waals surface area contributed by atoms with Crippen molar-refractivity contribution in [3.63, 3.8) is 0 Å². The topological polar surface area (TPSA) is 97.6 Å². The summed E-state index contributed by atoms with van der Waals surface area (Å²) in [5, 5.41) is 6.08. The van der Waals surface area contributed by atoms with Gasteiger partial charge in [-0.15, -0.1) is 0 Å². The summed E-state index contributed by atoms with van der Waals surface area (Å²) in [5.74, 6) is -0.372. The van der Waals surface area contributed by atoms with Gasteiger partial charge in [0, 0.05) is 23.2 Å². The van der Waals surface area contributed by atoms with E-state index in [1.54, 1.807) is 18.2 Å². The minimum Gasteiger partial charge on any atom is -0.484 e. The van der Waals surface area contributed by atoms with Crippen molar-refractivity contribution in [3.05, 3.63) is 69.6 Å². The fraction of sp³-hybridized carbons (Fsp3) is 0.227. The van der Waals surface area contributed by atoms with Crippen LogP contribution in [-0.2, 0) is 9.59 Å². The van der Waals surface area contributed by atoms with Crippen LogP contribution in [-0.4, -0.2) is 25.0 Å². The Bertz CT molecular complexity index is 1130. The van der Waals surface area contributed by atoms with Crippen molar-refractivity contribution in [1.29, 1.82) is 0 Å². The third kappa shape index (κ3) is 5.01. The largest absolute Gasteiger partial charge is 0.484 e. The van der Waals surface area contributed by atoms with E-state index in [1.807, 2.05) is 39.0 Å². The van der Waals surface area contributed by atoms with Gasteiger partial charge in [0.1, 0.15) is 11.3 Å². The summed E-state index contributed by atoms with van der Waals surface area (Å²) in [4.78, 5) is 35.5. The second-order valence-corrected chi connectivity index (χ2v) is 6.77. The van der Waals surface area contributed by atoms with Crippen molar-refractivity contribution < 1.29 is 18.7 Å². The van der Waals surface area contributed by atoms with Gasteiger partial charge in [0.25, 0.3) is 5.91 Å². The van der Waals surface area contributed by atoms with E-state index in [9.17, 15) is 14.4 Å². The first-order valence-electron chi connectivity index (χ1n) is 9.13. The molecule has 0 radical (unpaired) electrons. The fourth-order valence-corrected chi connectivity index (χ4v) is 2.85. The molecular weight excluding hydrogens is 372 g/mol. The lowest BCUT2D eigenvalue weighted by atomic mass is 10.1. The SMILES string of the molecule is Cc1cccc(NC(=O)CNC(=O)COc2ccc3c(C)cc(=O)oc3c2)c1C. The van der Waals surface area contributed by atoms with E-state index in [0.29, 0.717) is 17.0 Å². The van der Waals surface area contributed by atoms with Gasteiger partial charge in [-0.25, -0.2) is 4.79 Å². The number of carbonyl (C=O) groups excluding carboxylic acids is 2. The molecule has 0 spiro atoms. The van der Waals surface area contributed by atoms with E-state index >= 15 is 0 Å². The number of fused-ring (bicyclic) bond motifs is 1. The van der Waals surface area contributed by atoms with E-state index in [1.165, 1.54) is 6.07 Å². The van der Waals surface area contributed by atoms with Gasteiger partial charge < -0.3 is 19.8 Å². The van der Waals surface area contributed by atoms with Gasteiger partial charge in [-0.3, -0.25) is 9.59 Å². The molecule has 0 aliphatic rings. The maximum absolute atomic E-state index is 12.1. The monoisotopic (exact) mass is 394 g/mol. The molecule has 150 valence electrons. The molecule has 0 atom stereocenters. The maximum atomic E-state index is 12.1. The molecule has 0 bridgehead atoms. The molecule has 1 aromatic heterocycles. The highest BCUT2D eigenvalue weighted by atomic mass is 16.5. The van der Waals surface area contributed by atoms with E-state index in [0.717, 1.165) is 22.1 Å². The van der Waals surface area contributed by atoms with Crippen molar-refractivity contribution in [1.82, 2.24) is 5.32 Å². The minimum atomic E-state index is -0.445. The van der Waals surface area contributed by atoms with Gasteiger partial charge >= 0.3 is 5.63 Å². The molecule has 2 N–H and O–H groups in total. The average Bonchev–Trinajstić information content (AvgIpc) is 2.68. The van der Waals surface area contributed by atoms with Crippen molar-refractivity contribution in [2.24, 2.45) is 0 Å². The summed E-state index contributed by atoms with van der Waals surface area (Å²) >= 11 is 0. The number of nitrogens with one attached hydrogen (secondary N) is 2. The number of ether oxygens (including phenoxy) is 1. The first-order valence-corrected chi connectivity index (χ1v) is 9.13. The normalized spacial score (nSPS) is 10.6. The molecule has 3 rings (SSSR count). The number of benzene rings is 2. The van der Waals surface area contributed by atoms with Crippen LogP contribution < -0.4 is 21.0 Å². The quantitative estimate of drug-likeness (QED) is 0.627. The number of hydrogen-bond donors (Lipinski definition) is 2. The Balaban J connectivity index is 1.52. The van der Waals surface area contributed by atoms with Crippen LogP contribution in [0.4, 0.5) is 5.69 Å². The Hall–Kier alpha value is -3.61. The summed E-state index contributed by atoms with van der Waals surface area (Å²) < 4.78 is 10.6. The third-order valence-corrected chi connectivity index (χ3v) is 4.62. The van der Waals surface area contributed by atoms with Crippen molar-refractivity contribution in [2.45, 2.75) is 20.8 Å². The highest BCUT2D eigenvalue weighted by molar-refractivity contribution is 5.95. The van der Waals surface area contributed by atoms with Gasteiger partial charge in [0.2, 0.25) is 5.91 Å². The molecule has 3 aromatic rings. The average molecular weight is 394 g/mol. The number of aryl methyl sites for hydroxylation is 2. The Morgan fingerprint density at radius 1 is 1.00 bits per heavy atom. The van der Waals surface area contributed by atoms with Gasteiger partial charge in [-0.05, 0) is 55.7 Å². The number of carbonyl (C=O) groups is 2. The molecular formula is C22H22N2O5. The lowest BCUT2D eigenvalue weighted by Gasteiger charge is -2.11. The predicted octanol–water partition coefficient (Wildman–Crippen LogP) is 2.85. The van der Waals surface area contributed by atoms with E-state index in [-0.39, 0.29) is 19.1 Å². The zero-order valence-electron chi connectivity index (χ0n) is 16.5. The minimum absolute atomic E-state index is 0.165. The van der Waals surface area contributed by atoms with E-state index in [2.05, 4.69) is 10.6 Å². The summed E-state index contributed by atoms with van der Waals surface area (Å²) in [5.41, 5.74) is 3.51. The molecule has 2 aromatic carbocycles. The van der Waals surface area contributed by atoms with Crippen molar-refractivity contribution in [3.8, 4) is 5.75 Å². The smallest absolute Gasteiger partial charge is 0.336 e. The number of hydrogen-bond acceptors (Lipinski definition) is 5. The van der Waals surface area contributed by atoms with Gasteiger partial charge in [0.15, 0.2) is 6.61 Å². The van der Waals surface area contributed by atoms with Crippen LogP contribution in [0.1, 0.15) is 16.7 Å². The zero-order valence-corrected chi connectivity index (χ0v) is 16.5. The van der Waals surface area contributed by atoms with Crippen LogP contribution in [0.25, 0.3) is 11.0 Å². The Morgan fingerprint density at radius 3 is 2.59 bits per heavy atom. The second kappa shape index (κ2) is 8.60. The Labute approximate surface area is 167 Å². The predicted molar refractivity (Wildman–Crippen MR) is 110 cm³/mol. The number of anilines is 1. The van der Waals surface area contributed by atoms with Crippen LogP contribution >= 0.6 is 0 Å². The van der Waals surface area contributed by atoms with E-state index < -0.39 is 11.5 Å². The lowest BCUT2D eigenvalue weighted by molar-refractivity contribution is -0.125. The molecule has 0 saturated heterocycles. The summed E-state index contributed by atoms with van der Waals surface area (Å²) in [6, 6.07) is 12.1. The lowest BCUT2D eigenvalue weighted by Crippen LogP contribution is -2.35. The van der Waals surface area contributed by atoms with Gasteiger partial charge in [-0.2, -0.15) is 0 Å². The molecule has 1 heterocycles. The summed E-state index contributed by atoms with van der Waals surface area (Å²) in [6.07, 6.45) is 0.